The van der Waals surface area contributed by atoms with Gasteiger partial charge in [0.05, 0.1) is 23.8 Å². The molecule has 0 fully saturated rings. The first-order chi connectivity index (χ1) is 12.0. The third kappa shape index (κ3) is 5.92. The zero-order valence-electron chi connectivity index (χ0n) is 15.0. The number of rotatable bonds is 9. The van der Waals surface area contributed by atoms with Gasteiger partial charge >= 0.3 is 0 Å². The van der Waals surface area contributed by atoms with E-state index in [1.165, 1.54) is 0 Å². The molecular weight excluding hydrogens is 338 g/mol. The van der Waals surface area contributed by atoms with Crippen molar-refractivity contribution in [1.82, 2.24) is 5.32 Å². The van der Waals surface area contributed by atoms with E-state index >= 15 is 0 Å². The molecule has 0 unspecified atom stereocenters. The number of aliphatic hydroxyl groups is 1. The van der Waals surface area contributed by atoms with Crippen molar-refractivity contribution in [2.75, 3.05) is 13.2 Å². The maximum Gasteiger partial charge on any atom is 0.180 e. The van der Waals surface area contributed by atoms with Crippen LogP contribution in [0, 0.1) is 0 Å². The van der Waals surface area contributed by atoms with Gasteiger partial charge in [-0.1, -0.05) is 41.9 Å². The van der Waals surface area contributed by atoms with Crippen LogP contribution in [-0.4, -0.2) is 24.4 Å². The van der Waals surface area contributed by atoms with E-state index in [-0.39, 0.29) is 6.10 Å². The van der Waals surface area contributed by atoms with Gasteiger partial charge in [-0.2, -0.15) is 0 Å². The molecule has 0 aliphatic rings. The van der Waals surface area contributed by atoms with E-state index < -0.39 is 6.10 Å². The average molecular weight is 364 g/mol. The largest absolute Gasteiger partial charge is 0.490 e. The smallest absolute Gasteiger partial charge is 0.180 e. The van der Waals surface area contributed by atoms with E-state index in [2.05, 4.69) is 5.32 Å². The number of ether oxygens (including phenoxy) is 2. The van der Waals surface area contributed by atoms with E-state index in [0.29, 0.717) is 36.2 Å². The maximum absolute atomic E-state index is 10.2. The van der Waals surface area contributed by atoms with Crippen LogP contribution >= 0.6 is 11.6 Å². The average Bonchev–Trinajstić information content (AvgIpc) is 2.58. The molecule has 5 heteroatoms. The minimum absolute atomic E-state index is 0.0155. The Morgan fingerprint density at radius 1 is 1.16 bits per heavy atom. The third-order valence-electron chi connectivity index (χ3n) is 3.57. The second-order valence-electron chi connectivity index (χ2n) is 6.06. The van der Waals surface area contributed by atoms with Crippen molar-refractivity contribution in [1.29, 1.82) is 0 Å². The molecule has 2 N–H and O–H groups in total. The van der Waals surface area contributed by atoms with Crippen molar-refractivity contribution in [3.05, 3.63) is 58.6 Å². The van der Waals surface area contributed by atoms with Gasteiger partial charge < -0.3 is 19.9 Å². The SMILES string of the molecule is CCOc1cc(CNC[C@@H](O)c2ccccc2)cc(Cl)c1OC(C)C. The number of hydrogen-bond donors (Lipinski definition) is 2. The van der Waals surface area contributed by atoms with E-state index in [0.717, 1.165) is 11.1 Å². The zero-order chi connectivity index (χ0) is 18.2. The van der Waals surface area contributed by atoms with Gasteiger partial charge in [-0.15, -0.1) is 0 Å². The fourth-order valence-corrected chi connectivity index (χ4v) is 2.76. The number of nitrogens with one attached hydrogen (secondary N) is 1. The predicted molar refractivity (Wildman–Crippen MR) is 101 cm³/mol. The van der Waals surface area contributed by atoms with E-state index in [9.17, 15) is 5.11 Å². The third-order valence-corrected chi connectivity index (χ3v) is 3.85. The van der Waals surface area contributed by atoms with E-state index in [1.807, 2.05) is 63.2 Å². The quantitative estimate of drug-likeness (QED) is 0.695. The summed E-state index contributed by atoms with van der Waals surface area (Å²) in [5.74, 6) is 1.22. The summed E-state index contributed by atoms with van der Waals surface area (Å²) in [5.41, 5.74) is 1.87. The lowest BCUT2D eigenvalue weighted by atomic mass is 10.1. The summed E-state index contributed by atoms with van der Waals surface area (Å²) < 4.78 is 11.4. The number of benzene rings is 2. The first kappa shape index (κ1) is 19.6. The van der Waals surface area contributed by atoms with Crippen LogP contribution in [0.2, 0.25) is 5.02 Å². The first-order valence-electron chi connectivity index (χ1n) is 8.56. The Morgan fingerprint density at radius 2 is 1.88 bits per heavy atom. The highest BCUT2D eigenvalue weighted by Gasteiger charge is 2.14. The van der Waals surface area contributed by atoms with Crippen LogP contribution in [0.15, 0.2) is 42.5 Å². The van der Waals surface area contributed by atoms with Gasteiger partial charge in [0, 0.05) is 13.1 Å². The molecule has 0 bridgehead atoms. The molecule has 0 heterocycles. The van der Waals surface area contributed by atoms with Crippen LogP contribution in [0.25, 0.3) is 0 Å². The molecule has 0 aliphatic carbocycles. The summed E-state index contributed by atoms with van der Waals surface area (Å²) >= 11 is 6.37. The molecule has 2 aromatic carbocycles. The minimum atomic E-state index is -0.549. The van der Waals surface area contributed by atoms with E-state index in [1.54, 1.807) is 0 Å². The Bertz CT molecular complexity index is 661. The van der Waals surface area contributed by atoms with Crippen LogP contribution in [-0.2, 0) is 6.54 Å². The summed E-state index contributed by atoms with van der Waals surface area (Å²) in [6, 6.07) is 13.4. The molecule has 2 aromatic rings. The molecule has 25 heavy (non-hydrogen) atoms. The fourth-order valence-electron chi connectivity index (χ4n) is 2.48. The Labute approximate surface area is 154 Å². The highest BCUT2D eigenvalue weighted by molar-refractivity contribution is 6.32. The van der Waals surface area contributed by atoms with Crippen LogP contribution in [0.5, 0.6) is 11.5 Å². The van der Waals surface area contributed by atoms with Crippen molar-refractivity contribution in [3.8, 4) is 11.5 Å². The molecule has 0 saturated carbocycles. The molecule has 0 aliphatic heterocycles. The summed E-state index contributed by atoms with van der Waals surface area (Å²) in [4.78, 5) is 0. The molecular formula is C20H26ClNO3. The summed E-state index contributed by atoms with van der Waals surface area (Å²) in [5, 5.41) is 14.0. The van der Waals surface area contributed by atoms with Crippen molar-refractivity contribution in [3.63, 3.8) is 0 Å². The normalized spacial score (nSPS) is 12.2. The van der Waals surface area contributed by atoms with Gasteiger partial charge in [-0.3, -0.25) is 0 Å². The second kappa shape index (κ2) is 9.66. The standard InChI is InChI=1S/C20H26ClNO3/c1-4-24-19-11-15(10-17(21)20(19)25-14(2)3)12-22-13-18(23)16-8-6-5-7-9-16/h5-11,14,18,22-23H,4,12-13H2,1-3H3/t18-/m1/s1. The molecule has 0 spiro atoms. The molecule has 4 nitrogen and oxygen atoms in total. The van der Waals surface area contributed by atoms with Gasteiger partial charge in [0.25, 0.3) is 0 Å². The summed E-state index contributed by atoms with van der Waals surface area (Å²) in [7, 11) is 0. The van der Waals surface area contributed by atoms with Crippen molar-refractivity contribution in [2.24, 2.45) is 0 Å². The Morgan fingerprint density at radius 3 is 2.52 bits per heavy atom. The number of halogens is 1. The van der Waals surface area contributed by atoms with E-state index in [4.69, 9.17) is 21.1 Å². The first-order valence-corrected chi connectivity index (χ1v) is 8.94. The van der Waals surface area contributed by atoms with Gasteiger partial charge in [-0.05, 0) is 44.0 Å². The van der Waals surface area contributed by atoms with Gasteiger partial charge in [-0.25, -0.2) is 0 Å². The maximum atomic E-state index is 10.2. The molecule has 1 atom stereocenters. The minimum Gasteiger partial charge on any atom is -0.490 e. The molecule has 0 saturated heterocycles. The van der Waals surface area contributed by atoms with Crippen LogP contribution in [0.3, 0.4) is 0 Å². The highest BCUT2D eigenvalue weighted by atomic mass is 35.5. The van der Waals surface area contributed by atoms with Crippen LogP contribution in [0.1, 0.15) is 38.0 Å². The lowest BCUT2D eigenvalue weighted by molar-refractivity contribution is 0.174. The summed E-state index contributed by atoms with van der Waals surface area (Å²) in [6.45, 7) is 7.39. The fraction of sp³-hybridized carbons (Fsp3) is 0.400. The topological polar surface area (TPSA) is 50.7 Å². The van der Waals surface area contributed by atoms with Gasteiger partial charge in [0.15, 0.2) is 11.5 Å². The molecule has 0 aromatic heterocycles. The Kier molecular flexibility index (Phi) is 7.56. The van der Waals surface area contributed by atoms with Crippen molar-refractivity contribution < 1.29 is 14.6 Å². The van der Waals surface area contributed by atoms with Crippen molar-refractivity contribution >= 4 is 11.6 Å². The van der Waals surface area contributed by atoms with Crippen LogP contribution < -0.4 is 14.8 Å². The number of hydrogen-bond acceptors (Lipinski definition) is 4. The van der Waals surface area contributed by atoms with Crippen molar-refractivity contribution in [2.45, 2.75) is 39.5 Å². The Balaban J connectivity index is 2.02. The number of aliphatic hydroxyl groups excluding tert-OH is 1. The van der Waals surface area contributed by atoms with Crippen LogP contribution in [0.4, 0.5) is 0 Å². The molecule has 0 amide bonds. The monoisotopic (exact) mass is 363 g/mol. The second-order valence-corrected chi connectivity index (χ2v) is 6.47. The molecule has 2 rings (SSSR count). The highest BCUT2D eigenvalue weighted by Crippen LogP contribution is 2.37. The Hall–Kier alpha value is -1.75. The van der Waals surface area contributed by atoms with Gasteiger partial charge in [0.1, 0.15) is 0 Å². The lowest BCUT2D eigenvalue weighted by Crippen LogP contribution is -2.21. The lowest BCUT2D eigenvalue weighted by Gasteiger charge is -2.18. The van der Waals surface area contributed by atoms with Gasteiger partial charge in [0.2, 0.25) is 0 Å². The molecule has 136 valence electrons. The predicted octanol–water partition coefficient (Wildman–Crippen LogP) is 4.35. The summed E-state index contributed by atoms with van der Waals surface area (Å²) in [6.07, 6.45) is -0.534. The molecule has 0 radical (unpaired) electrons. The zero-order valence-corrected chi connectivity index (χ0v) is 15.7.